The Morgan fingerprint density at radius 2 is 2.14 bits per heavy atom. The standard InChI is InChI=1S/C18H29N3O/c1-6-13(2)20-16(22)14(9-19)10-21-12-18(5)8-15(21)7-17(3,4)11-18/h10,13,15H,6-8,11-12H2,1-5H3,(H,20,22)/b14-10-. The van der Waals surface area contributed by atoms with Crippen LogP contribution in [-0.2, 0) is 4.79 Å². The third-order valence-corrected chi connectivity index (χ3v) is 5.11. The van der Waals surface area contributed by atoms with Crippen LogP contribution in [0.2, 0.25) is 0 Å². The quantitative estimate of drug-likeness (QED) is 0.641. The topological polar surface area (TPSA) is 56.1 Å². The first-order valence-electron chi connectivity index (χ1n) is 8.36. The third kappa shape index (κ3) is 3.63. The molecule has 2 rings (SSSR count). The zero-order valence-corrected chi connectivity index (χ0v) is 14.6. The van der Waals surface area contributed by atoms with Crippen molar-refractivity contribution in [1.29, 1.82) is 5.26 Å². The van der Waals surface area contributed by atoms with Crippen LogP contribution in [0.15, 0.2) is 11.8 Å². The van der Waals surface area contributed by atoms with Gasteiger partial charge in [-0.3, -0.25) is 4.79 Å². The molecule has 122 valence electrons. The maximum atomic E-state index is 12.2. The van der Waals surface area contributed by atoms with Crippen molar-refractivity contribution in [3.8, 4) is 6.07 Å². The molecule has 4 heteroatoms. The van der Waals surface area contributed by atoms with Gasteiger partial charge in [-0.25, -0.2) is 0 Å². The Balaban J connectivity index is 2.14. The summed E-state index contributed by atoms with van der Waals surface area (Å²) in [5, 5.41) is 12.2. The van der Waals surface area contributed by atoms with Gasteiger partial charge in [0.15, 0.2) is 0 Å². The molecule has 3 unspecified atom stereocenters. The van der Waals surface area contributed by atoms with Gasteiger partial charge >= 0.3 is 0 Å². The Morgan fingerprint density at radius 3 is 2.73 bits per heavy atom. The molecule has 3 atom stereocenters. The monoisotopic (exact) mass is 303 g/mol. The van der Waals surface area contributed by atoms with Gasteiger partial charge < -0.3 is 10.2 Å². The van der Waals surface area contributed by atoms with Gasteiger partial charge in [0, 0.05) is 24.8 Å². The maximum Gasteiger partial charge on any atom is 0.263 e. The van der Waals surface area contributed by atoms with Crippen molar-refractivity contribution in [2.24, 2.45) is 10.8 Å². The highest BCUT2D eigenvalue weighted by Gasteiger charge is 2.48. The van der Waals surface area contributed by atoms with Gasteiger partial charge in [0.25, 0.3) is 5.91 Å². The predicted octanol–water partition coefficient (Wildman–Crippen LogP) is 3.21. The van der Waals surface area contributed by atoms with E-state index >= 15 is 0 Å². The van der Waals surface area contributed by atoms with Crippen LogP contribution < -0.4 is 5.32 Å². The molecule has 1 aliphatic carbocycles. The molecule has 1 heterocycles. The fourth-order valence-electron chi connectivity index (χ4n) is 4.36. The third-order valence-electron chi connectivity index (χ3n) is 5.11. The van der Waals surface area contributed by atoms with Gasteiger partial charge in [-0.15, -0.1) is 0 Å². The summed E-state index contributed by atoms with van der Waals surface area (Å²) in [4.78, 5) is 14.4. The van der Waals surface area contributed by atoms with Crippen molar-refractivity contribution in [2.75, 3.05) is 6.54 Å². The Hall–Kier alpha value is -1.50. The number of hydrogen-bond donors (Lipinski definition) is 1. The number of carbonyl (C=O) groups excluding carboxylic acids is 1. The summed E-state index contributed by atoms with van der Waals surface area (Å²) in [5.74, 6) is -0.247. The lowest BCUT2D eigenvalue weighted by atomic mass is 9.65. The second kappa shape index (κ2) is 5.95. The molecule has 1 saturated heterocycles. The van der Waals surface area contributed by atoms with Gasteiger partial charge in [0.1, 0.15) is 11.6 Å². The molecule has 0 aromatic rings. The lowest BCUT2D eigenvalue weighted by Gasteiger charge is -2.39. The van der Waals surface area contributed by atoms with Gasteiger partial charge in [0.2, 0.25) is 0 Å². The summed E-state index contributed by atoms with van der Waals surface area (Å²) >= 11 is 0. The summed E-state index contributed by atoms with van der Waals surface area (Å²) in [6.07, 6.45) is 6.17. The highest BCUT2D eigenvalue weighted by atomic mass is 16.1. The number of nitrogens with one attached hydrogen (secondary N) is 1. The molecule has 0 aromatic heterocycles. The molecule has 22 heavy (non-hydrogen) atoms. The van der Waals surface area contributed by atoms with Crippen LogP contribution in [0.3, 0.4) is 0 Å². The summed E-state index contributed by atoms with van der Waals surface area (Å²) in [6.45, 7) is 11.9. The van der Waals surface area contributed by atoms with Gasteiger partial charge in [-0.2, -0.15) is 5.26 Å². The molecule has 2 aliphatic rings. The molecule has 2 bridgehead atoms. The zero-order valence-electron chi connectivity index (χ0n) is 14.6. The number of hydrogen-bond acceptors (Lipinski definition) is 3. The molecule has 0 radical (unpaired) electrons. The molecule has 2 fully saturated rings. The fraction of sp³-hybridized carbons (Fsp3) is 0.778. The number of nitriles is 1. The van der Waals surface area contributed by atoms with Crippen LogP contribution in [0, 0.1) is 22.2 Å². The van der Waals surface area contributed by atoms with Crippen molar-refractivity contribution >= 4 is 5.91 Å². The maximum absolute atomic E-state index is 12.2. The number of fused-ring (bicyclic) bond motifs is 2. The van der Waals surface area contributed by atoms with E-state index in [2.05, 4.69) is 37.1 Å². The van der Waals surface area contributed by atoms with Crippen molar-refractivity contribution in [2.45, 2.75) is 72.4 Å². The number of rotatable bonds is 4. The molecule has 1 saturated carbocycles. The van der Waals surface area contributed by atoms with Gasteiger partial charge in [0.05, 0.1) is 0 Å². The van der Waals surface area contributed by atoms with Gasteiger partial charge in [-0.1, -0.05) is 27.7 Å². The van der Waals surface area contributed by atoms with E-state index in [0.717, 1.165) is 19.4 Å². The minimum Gasteiger partial charge on any atom is -0.373 e. The lowest BCUT2D eigenvalue weighted by molar-refractivity contribution is -0.117. The highest BCUT2D eigenvalue weighted by Crippen LogP contribution is 2.52. The SMILES string of the molecule is CCC(C)NC(=O)/C(C#N)=C\N1CC2(C)CC1CC(C)(C)C2. The van der Waals surface area contributed by atoms with Crippen LogP contribution in [-0.4, -0.2) is 29.4 Å². The summed E-state index contributed by atoms with van der Waals surface area (Å²) in [6, 6.07) is 2.63. The van der Waals surface area contributed by atoms with E-state index in [1.54, 1.807) is 6.20 Å². The second-order valence-corrected chi connectivity index (χ2v) is 8.32. The van der Waals surface area contributed by atoms with E-state index in [9.17, 15) is 10.1 Å². The molecular formula is C18H29N3O. The Kier molecular flexibility index (Phi) is 4.56. The normalized spacial score (nSPS) is 31.5. The van der Waals surface area contributed by atoms with Crippen molar-refractivity contribution in [3.05, 3.63) is 11.8 Å². The molecular weight excluding hydrogens is 274 g/mol. The number of amides is 1. The predicted molar refractivity (Wildman–Crippen MR) is 87.8 cm³/mol. The number of carbonyl (C=O) groups is 1. The van der Waals surface area contributed by atoms with E-state index in [-0.39, 0.29) is 17.5 Å². The van der Waals surface area contributed by atoms with Crippen LogP contribution in [0.5, 0.6) is 0 Å². The van der Waals surface area contributed by atoms with Crippen LogP contribution in [0.1, 0.15) is 60.3 Å². The van der Waals surface area contributed by atoms with E-state index in [1.807, 2.05) is 13.8 Å². The Morgan fingerprint density at radius 1 is 1.45 bits per heavy atom. The summed E-state index contributed by atoms with van der Waals surface area (Å²) < 4.78 is 0. The molecule has 1 N–H and O–H groups in total. The van der Waals surface area contributed by atoms with E-state index in [4.69, 9.17) is 0 Å². The lowest BCUT2D eigenvalue weighted by Crippen LogP contribution is -2.35. The first-order valence-corrected chi connectivity index (χ1v) is 8.36. The van der Waals surface area contributed by atoms with Crippen LogP contribution in [0.25, 0.3) is 0 Å². The van der Waals surface area contributed by atoms with E-state index in [1.165, 1.54) is 12.8 Å². The van der Waals surface area contributed by atoms with Crippen molar-refractivity contribution in [3.63, 3.8) is 0 Å². The summed E-state index contributed by atoms with van der Waals surface area (Å²) in [7, 11) is 0. The van der Waals surface area contributed by atoms with Crippen LogP contribution >= 0.6 is 0 Å². The highest BCUT2D eigenvalue weighted by molar-refractivity contribution is 5.97. The molecule has 1 amide bonds. The molecule has 1 aliphatic heterocycles. The average Bonchev–Trinajstić information content (AvgIpc) is 2.64. The number of nitrogens with zero attached hydrogens (tertiary/aromatic N) is 2. The van der Waals surface area contributed by atoms with E-state index in [0.29, 0.717) is 16.9 Å². The fourth-order valence-corrected chi connectivity index (χ4v) is 4.36. The minimum absolute atomic E-state index is 0.0958. The first-order chi connectivity index (χ1) is 10.2. The summed E-state index contributed by atoms with van der Waals surface area (Å²) in [5.41, 5.74) is 0.872. The van der Waals surface area contributed by atoms with Crippen molar-refractivity contribution in [1.82, 2.24) is 10.2 Å². The zero-order chi connectivity index (χ0) is 16.5. The minimum atomic E-state index is -0.247. The van der Waals surface area contributed by atoms with E-state index < -0.39 is 0 Å². The van der Waals surface area contributed by atoms with Crippen LogP contribution in [0.4, 0.5) is 0 Å². The molecule has 4 nitrogen and oxygen atoms in total. The smallest absolute Gasteiger partial charge is 0.263 e. The largest absolute Gasteiger partial charge is 0.373 e. The molecule has 0 aromatic carbocycles. The second-order valence-electron chi connectivity index (χ2n) is 8.32. The van der Waals surface area contributed by atoms with Crippen molar-refractivity contribution < 1.29 is 4.79 Å². The van der Waals surface area contributed by atoms with Gasteiger partial charge in [-0.05, 0) is 43.4 Å². The number of likely N-dealkylation sites (tertiary alicyclic amines) is 1. The average molecular weight is 303 g/mol. The Bertz CT molecular complexity index is 517. The molecule has 0 spiro atoms. The first kappa shape index (κ1) is 16.9. The Labute approximate surface area is 134 Å².